The molecule has 17 heavy (non-hydrogen) atoms. The van der Waals surface area contributed by atoms with Crippen LogP contribution in [0.4, 0.5) is 5.82 Å². The quantitative estimate of drug-likeness (QED) is 0.895. The summed E-state index contributed by atoms with van der Waals surface area (Å²) in [5, 5.41) is 0.735. The van der Waals surface area contributed by atoms with Gasteiger partial charge < -0.3 is 5.73 Å². The molecule has 1 aromatic heterocycles. The van der Waals surface area contributed by atoms with E-state index in [-0.39, 0.29) is 12.4 Å². The van der Waals surface area contributed by atoms with E-state index < -0.39 is 0 Å². The Morgan fingerprint density at radius 3 is 2.35 bits per heavy atom. The summed E-state index contributed by atoms with van der Waals surface area (Å²) in [4.78, 5) is 4.17. The van der Waals surface area contributed by atoms with E-state index in [0.717, 1.165) is 16.3 Å². The number of nitrogen functional groups attached to an aromatic ring is 1. The molecule has 2 aromatic rings. The van der Waals surface area contributed by atoms with E-state index in [0.29, 0.717) is 5.82 Å². The van der Waals surface area contributed by atoms with Gasteiger partial charge in [-0.3, -0.25) is 0 Å². The van der Waals surface area contributed by atoms with Crippen LogP contribution in [0.15, 0.2) is 42.5 Å². The van der Waals surface area contributed by atoms with Gasteiger partial charge in [0.1, 0.15) is 5.82 Å². The smallest absolute Gasteiger partial charge is 0.124 e. The zero-order chi connectivity index (χ0) is 11.4. The van der Waals surface area contributed by atoms with E-state index in [4.69, 9.17) is 17.3 Å². The summed E-state index contributed by atoms with van der Waals surface area (Å²) in [5.41, 5.74) is 7.50. The summed E-state index contributed by atoms with van der Waals surface area (Å²) in [7, 11) is 0. The first-order valence-electron chi connectivity index (χ1n) is 4.90. The van der Waals surface area contributed by atoms with Gasteiger partial charge in [-0.1, -0.05) is 35.9 Å². The maximum atomic E-state index is 5.80. The van der Waals surface area contributed by atoms with E-state index in [9.17, 15) is 0 Å². The molecule has 0 radical (unpaired) electrons. The molecule has 88 valence electrons. The molecule has 0 fully saturated rings. The molecule has 0 saturated carbocycles. The van der Waals surface area contributed by atoms with Crippen LogP contribution in [0.5, 0.6) is 0 Å². The van der Waals surface area contributed by atoms with Crippen molar-refractivity contribution in [2.45, 2.75) is 0 Å². The normalized spacial score (nSPS) is 10.2. The van der Waals surface area contributed by atoms with Crippen molar-refractivity contribution in [1.29, 1.82) is 0 Å². The lowest BCUT2D eigenvalue weighted by atomic mass is 10.2. The fourth-order valence-electron chi connectivity index (χ4n) is 1.32. The second kappa shape index (κ2) is 6.28. The van der Waals surface area contributed by atoms with Gasteiger partial charge in [0.15, 0.2) is 0 Å². The van der Waals surface area contributed by atoms with Crippen molar-refractivity contribution in [2.75, 3.05) is 5.73 Å². The number of halogens is 2. The Hall–Kier alpha value is -1.51. The molecule has 0 atom stereocenters. The van der Waals surface area contributed by atoms with Gasteiger partial charge in [-0.05, 0) is 35.9 Å². The summed E-state index contributed by atoms with van der Waals surface area (Å²) in [6.45, 7) is 0. The lowest BCUT2D eigenvalue weighted by Gasteiger charge is -1.96. The highest BCUT2D eigenvalue weighted by molar-refractivity contribution is 6.30. The molecular weight excluding hydrogens is 255 g/mol. The maximum Gasteiger partial charge on any atom is 0.124 e. The molecule has 2 N–H and O–H groups in total. The van der Waals surface area contributed by atoms with Crippen LogP contribution in [0.2, 0.25) is 5.02 Å². The zero-order valence-corrected chi connectivity index (χ0v) is 10.6. The van der Waals surface area contributed by atoms with Crippen LogP contribution in [-0.2, 0) is 0 Å². The van der Waals surface area contributed by atoms with E-state index in [1.54, 1.807) is 6.07 Å². The Bertz CT molecular complexity index is 507. The molecule has 0 aliphatic heterocycles. The fourth-order valence-corrected chi connectivity index (χ4v) is 1.44. The van der Waals surface area contributed by atoms with Gasteiger partial charge in [0, 0.05) is 5.02 Å². The number of pyridine rings is 1. The predicted molar refractivity (Wildman–Crippen MR) is 76.3 cm³/mol. The number of benzene rings is 1. The highest BCUT2D eigenvalue weighted by Crippen LogP contribution is 2.12. The first-order valence-corrected chi connectivity index (χ1v) is 5.28. The largest absolute Gasteiger partial charge is 0.384 e. The van der Waals surface area contributed by atoms with Crippen LogP contribution in [0.25, 0.3) is 12.2 Å². The van der Waals surface area contributed by atoms with Crippen molar-refractivity contribution in [3.63, 3.8) is 0 Å². The Labute approximate surface area is 112 Å². The highest BCUT2D eigenvalue weighted by Gasteiger charge is 1.91. The number of nitrogens with zero attached hydrogens (tertiary/aromatic N) is 1. The van der Waals surface area contributed by atoms with Crippen LogP contribution in [0, 0.1) is 0 Å². The third kappa shape index (κ3) is 4.10. The van der Waals surface area contributed by atoms with Gasteiger partial charge >= 0.3 is 0 Å². The number of anilines is 1. The van der Waals surface area contributed by atoms with Gasteiger partial charge in [-0.15, -0.1) is 12.4 Å². The van der Waals surface area contributed by atoms with Crippen LogP contribution < -0.4 is 5.73 Å². The number of rotatable bonds is 2. The van der Waals surface area contributed by atoms with Crippen LogP contribution in [-0.4, -0.2) is 4.98 Å². The molecule has 2 rings (SSSR count). The van der Waals surface area contributed by atoms with Gasteiger partial charge in [0.25, 0.3) is 0 Å². The van der Waals surface area contributed by atoms with Gasteiger partial charge in [0.05, 0.1) is 5.69 Å². The van der Waals surface area contributed by atoms with E-state index in [1.165, 1.54) is 0 Å². The molecule has 0 aliphatic carbocycles. The molecule has 1 heterocycles. The third-order valence-electron chi connectivity index (χ3n) is 2.11. The lowest BCUT2D eigenvalue weighted by molar-refractivity contribution is 1.31. The number of hydrogen-bond donors (Lipinski definition) is 1. The average Bonchev–Trinajstić information content (AvgIpc) is 2.28. The minimum Gasteiger partial charge on any atom is -0.384 e. The van der Waals surface area contributed by atoms with Crippen molar-refractivity contribution >= 4 is 42.0 Å². The number of hydrogen-bond acceptors (Lipinski definition) is 2. The van der Waals surface area contributed by atoms with Crippen molar-refractivity contribution in [2.24, 2.45) is 0 Å². The van der Waals surface area contributed by atoms with Crippen molar-refractivity contribution in [1.82, 2.24) is 4.98 Å². The van der Waals surface area contributed by atoms with E-state index >= 15 is 0 Å². The molecule has 0 aliphatic rings. The van der Waals surface area contributed by atoms with Gasteiger partial charge in [-0.2, -0.15) is 0 Å². The predicted octanol–water partition coefficient (Wildman–Crippen LogP) is 3.91. The minimum absolute atomic E-state index is 0. The summed E-state index contributed by atoms with van der Waals surface area (Å²) < 4.78 is 0. The first-order chi connectivity index (χ1) is 7.74. The maximum absolute atomic E-state index is 5.80. The molecule has 1 aromatic carbocycles. The topological polar surface area (TPSA) is 38.9 Å². The summed E-state index contributed by atoms with van der Waals surface area (Å²) in [6.07, 6.45) is 3.89. The molecule has 0 spiro atoms. The molecule has 0 bridgehead atoms. The second-order valence-corrected chi connectivity index (χ2v) is 3.81. The van der Waals surface area contributed by atoms with Gasteiger partial charge in [-0.25, -0.2) is 4.98 Å². The van der Waals surface area contributed by atoms with Crippen molar-refractivity contribution < 1.29 is 0 Å². The molecule has 0 saturated heterocycles. The SMILES string of the molecule is Cl.Nc1cccc(/C=C/c2ccc(Cl)cc2)n1. The third-order valence-corrected chi connectivity index (χ3v) is 2.36. The lowest BCUT2D eigenvalue weighted by Crippen LogP contribution is -1.90. The fraction of sp³-hybridized carbons (Fsp3) is 0. The second-order valence-electron chi connectivity index (χ2n) is 3.37. The average molecular weight is 267 g/mol. The molecular formula is C13H12Cl2N2. The summed E-state index contributed by atoms with van der Waals surface area (Å²) in [6, 6.07) is 13.2. The summed E-state index contributed by atoms with van der Waals surface area (Å²) in [5.74, 6) is 0.526. The van der Waals surface area contributed by atoms with Crippen LogP contribution in [0.1, 0.15) is 11.3 Å². The molecule has 0 amide bonds. The van der Waals surface area contributed by atoms with Gasteiger partial charge in [0.2, 0.25) is 0 Å². The van der Waals surface area contributed by atoms with Crippen molar-refractivity contribution in [3.05, 3.63) is 58.7 Å². The minimum atomic E-state index is 0. The monoisotopic (exact) mass is 266 g/mol. The van der Waals surface area contributed by atoms with Crippen molar-refractivity contribution in [3.8, 4) is 0 Å². The number of nitrogens with two attached hydrogens (primary N) is 1. The van der Waals surface area contributed by atoms with E-state index in [1.807, 2.05) is 48.6 Å². The molecule has 4 heteroatoms. The Kier molecular flexibility index (Phi) is 5.01. The molecule has 2 nitrogen and oxygen atoms in total. The Morgan fingerprint density at radius 2 is 1.71 bits per heavy atom. The number of aromatic nitrogens is 1. The van der Waals surface area contributed by atoms with Crippen LogP contribution in [0.3, 0.4) is 0 Å². The summed E-state index contributed by atoms with van der Waals surface area (Å²) >= 11 is 5.80. The molecule has 0 unspecified atom stereocenters. The Morgan fingerprint density at radius 1 is 1.00 bits per heavy atom. The first kappa shape index (κ1) is 13.6. The van der Waals surface area contributed by atoms with Crippen LogP contribution >= 0.6 is 24.0 Å². The standard InChI is InChI=1S/C13H11ClN2.ClH/c14-11-7-4-10(5-8-11)6-9-12-2-1-3-13(15)16-12;/h1-9H,(H2,15,16);1H/b9-6+;. The zero-order valence-electron chi connectivity index (χ0n) is 9.01. The van der Waals surface area contributed by atoms with E-state index in [2.05, 4.69) is 4.98 Å². The Balaban J connectivity index is 0.00000144. The highest BCUT2D eigenvalue weighted by atomic mass is 35.5.